The Bertz CT molecular complexity index is 368. The van der Waals surface area contributed by atoms with Crippen molar-refractivity contribution in [2.45, 2.75) is 47.1 Å². The van der Waals surface area contributed by atoms with Crippen LogP contribution in [0.25, 0.3) is 0 Å². The first-order valence-corrected chi connectivity index (χ1v) is 7.71. The number of nitrogens with one attached hydrogen (secondary N) is 1. The van der Waals surface area contributed by atoms with Crippen LogP contribution in [0, 0.1) is 11.3 Å². The number of carbonyl (C=O) groups excluding carboxylic acids is 1. The molecule has 5 nitrogen and oxygen atoms in total. The van der Waals surface area contributed by atoms with Gasteiger partial charge in [-0.15, -0.1) is 0 Å². The standard InChI is InChI=1S/C12H25NO4S/c1-9(2)10(11(14)17-6)13-18(15,16)8-7-12(3,4)5/h9-10,13H,7-8H2,1-6H3. The molecule has 0 spiro atoms. The molecule has 0 aliphatic carbocycles. The van der Waals surface area contributed by atoms with E-state index >= 15 is 0 Å². The highest BCUT2D eigenvalue weighted by atomic mass is 32.2. The number of rotatable bonds is 6. The normalized spacial score (nSPS) is 14.6. The predicted molar refractivity (Wildman–Crippen MR) is 71.6 cm³/mol. The van der Waals surface area contributed by atoms with Gasteiger partial charge in [0.2, 0.25) is 10.0 Å². The lowest BCUT2D eigenvalue weighted by Gasteiger charge is -2.22. The molecule has 18 heavy (non-hydrogen) atoms. The molecule has 0 rings (SSSR count). The average Bonchev–Trinajstić information content (AvgIpc) is 2.21. The van der Waals surface area contributed by atoms with Gasteiger partial charge in [-0.1, -0.05) is 34.6 Å². The van der Waals surface area contributed by atoms with Gasteiger partial charge < -0.3 is 4.74 Å². The summed E-state index contributed by atoms with van der Waals surface area (Å²) < 4.78 is 30.8. The van der Waals surface area contributed by atoms with Crippen LogP contribution in [0.2, 0.25) is 0 Å². The van der Waals surface area contributed by atoms with Gasteiger partial charge in [0.05, 0.1) is 12.9 Å². The average molecular weight is 279 g/mol. The van der Waals surface area contributed by atoms with Gasteiger partial charge in [0.15, 0.2) is 0 Å². The van der Waals surface area contributed by atoms with Crippen LogP contribution in [-0.4, -0.2) is 33.3 Å². The number of ether oxygens (including phenoxy) is 1. The van der Waals surface area contributed by atoms with Crippen molar-refractivity contribution in [1.82, 2.24) is 4.72 Å². The Morgan fingerprint density at radius 3 is 2.11 bits per heavy atom. The zero-order valence-electron chi connectivity index (χ0n) is 12.1. The summed E-state index contributed by atoms with van der Waals surface area (Å²) in [6.07, 6.45) is 0.536. The number of hydrogen-bond donors (Lipinski definition) is 1. The van der Waals surface area contributed by atoms with Crippen LogP contribution in [0.4, 0.5) is 0 Å². The van der Waals surface area contributed by atoms with Gasteiger partial charge in [0, 0.05) is 0 Å². The van der Waals surface area contributed by atoms with Crippen molar-refractivity contribution in [3.63, 3.8) is 0 Å². The topological polar surface area (TPSA) is 72.5 Å². The van der Waals surface area contributed by atoms with E-state index in [1.807, 2.05) is 20.8 Å². The van der Waals surface area contributed by atoms with Crippen molar-refractivity contribution >= 4 is 16.0 Å². The van der Waals surface area contributed by atoms with Gasteiger partial charge >= 0.3 is 5.97 Å². The maximum absolute atomic E-state index is 11.9. The van der Waals surface area contributed by atoms with Crippen molar-refractivity contribution in [1.29, 1.82) is 0 Å². The van der Waals surface area contributed by atoms with Crippen LogP contribution in [-0.2, 0) is 19.6 Å². The molecule has 0 aromatic carbocycles. The number of methoxy groups -OCH3 is 1. The Labute approximate surface area is 110 Å². The number of carbonyl (C=O) groups is 1. The third-order valence-electron chi connectivity index (χ3n) is 2.55. The van der Waals surface area contributed by atoms with Crippen molar-refractivity contribution in [3.8, 4) is 0 Å². The molecule has 0 aromatic rings. The van der Waals surface area contributed by atoms with Gasteiger partial charge in [0.1, 0.15) is 6.04 Å². The second-order valence-electron chi connectivity index (χ2n) is 5.99. The van der Waals surface area contributed by atoms with Crippen LogP contribution in [0.1, 0.15) is 41.0 Å². The first kappa shape index (κ1) is 17.4. The lowest BCUT2D eigenvalue weighted by molar-refractivity contribution is -0.143. The highest BCUT2D eigenvalue weighted by Crippen LogP contribution is 2.19. The van der Waals surface area contributed by atoms with Gasteiger partial charge in [-0.3, -0.25) is 4.79 Å². The summed E-state index contributed by atoms with van der Waals surface area (Å²) in [4.78, 5) is 11.5. The summed E-state index contributed by atoms with van der Waals surface area (Å²) in [5.74, 6) is -0.692. The molecule has 0 saturated carbocycles. The maximum atomic E-state index is 11.9. The lowest BCUT2D eigenvalue weighted by atomic mass is 9.94. The molecule has 108 valence electrons. The summed E-state index contributed by atoms with van der Waals surface area (Å²) in [6, 6.07) is -0.819. The molecule has 6 heteroatoms. The molecule has 0 heterocycles. The summed E-state index contributed by atoms with van der Waals surface area (Å²) in [6.45, 7) is 9.47. The smallest absolute Gasteiger partial charge is 0.324 e. The third kappa shape index (κ3) is 6.96. The molecule has 1 N–H and O–H groups in total. The predicted octanol–water partition coefficient (Wildman–Crippen LogP) is 1.54. The number of sulfonamides is 1. The van der Waals surface area contributed by atoms with Crippen molar-refractivity contribution in [3.05, 3.63) is 0 Å². The Balaban J connectivity index is 4.67. The van der Waals surface area contributed by atoms with E-state index in [0.717, 1.165) is 0 Å². The zero-order chi connectivity index (χ0) is 14.6. The molecule has 0 radical (unpaired) electrons. The quantitative estimate of drug-likeness (QED) is 0.749. The van der Waals surface area contributed by atoms with Crippen LogP contribution >= 0.6 is 0 Å². The summed E-state index contributed by atoms with van der Waals surface area (Å²) in [5.41, 5.74) is -0.0622. The van der Waals surface area contributed by atoms with Crippen LogP contribution in [0.15, 0.2) is 0 Å². The second-order valence-corrected chi connectivity index (χ2v) is 7.87. The molecular formula is C12H25NO4S. The zero-order valence-corrected chi connectivity index (χ0v) is 12.9. The Kier molecular flexibility index (Phi) is 6.29. The van der Waals surface area contributed by atoms with E-state index in [4.69, 9.17) is 0 Å². The van der Waals surface area contributed by atoms with E-state index in [9.17, 15) is 13.2 Å². The monoisotopic (exact) mass is 279 g/mol. The fraction of sp³-hybridized carbons (Fsp3) is 0.917. The van der Waals surface area contributed by atoms with E-state index in [1.54, 1.807) is 13.8 Å². The minimum Gasteiger partial charge on any atom is -0.468 e. The van der Waals surface area contributed by atoms with E-state index < -0.39 is 22.0 Å². The second kappa shape index (κ2) is 6.52. The fourth-order valence-corrected chi connectivity index (χ4v) is 3.03. The first-order chi connectivity index (χ1) is 7.98. The van der Waals surface area contributed by atoms with Crippen molar-refractivity contribution in [2.24, 2.45) is 11.3 Å². The lowest BCUT2D eigenvalue weighted by Crippen LogP contribution is -2.46. The SMILES string of the molecule is COC(=O)C(NS(=O)(=O)CCC(C)(C)C)C(C)C. The Morgan fingerprint density at radius 1 is 1.28 bits per heavy atom. The van der Waals surface area contributed by atoms with Crippen LogP contribution in [0.3, 0.4) is 0 Å². The number of esters is 1. The molecule has 0 aliphatic rings. The summed E-state index contributed by atoms with van der Waals surface area (Å²) in [7, 11) is -2.21. The minimum absolute atomic E-state index is 0.0106. The van der Waals surface area contributed by atoms with E-state index in [2.05, 4.69) is 9.46 Å². The molecule has 0 saturated heterocycles. The van der Waals surface area contributed by atoms with E-state index in [-0.39, 0.29) is 17.1 Å². The summed E-state index contributed by atoms with van der Waals surface area (Å²) >= 11 is 0. The molecule has 0 aliphatic heterocycles. The highest BCUT2D eigenvalue weighted by Gasteiger charge is 2.28. The molecular weight excluding hydrogens is 254 g/mol. The highest BCUT2D eigenvalue weighted by molar-refractivity contribution is 7.89. The molecule has 0 amide bonds. The number of hydrogen-bond acceptors (Lipinski definition) is 4. The van der Waals surface area contributed by atoms with E-state index in [0.29, 0.717) is 6.42 Å². The van der Waals surface area contributed by atoms with Crippen molar-refractivity contribution in [2.75, 3.05) is 12.9 Å². The first-order valence-electron chi connectivity index (χ1n) is 6.06. The van der Waals surface area contributed by atoms with Gasteiger partial charge in [-0.25, -0.2) is 13.1 Å². The Hall–Kier alpha value is -0.620. The minimum atomic E-state index is -3.46. The van der Waals surface area contributed by atoms with Gasteiger partial charge in [-0.2, -0.15) is 0 Å². The van der Waals surface area contributed by atoms with Crippen LogP contribution in [0.5, 0.6) is 0 Å². The largest absolute Gasteiger partial charge is 0.468 e. The summed E-state index contributed by atoms with van der Waals surface area (Å²) in [5, 5.41) is 0. The van der Waals surface area contributed by atoms with Gasteiger partial charge in [0.25, 0.3) is 0 Å². The van der Waals surface area contributed by atoms with Crippen LogP contribution < -0.4 is 4.72 Å². The fourth-order valence-electron chi connectivity index (χ4n) is 1.28. The van der Waals surface area contributed by atoms with Gasteiger partial charge in [-0.05, 0) is 17.8 Å². The Morgan fingerprint density at radius 2 is 1.78 bits per heavy atom. The maximum Gasteiger partial charge on any atom is 0.324 e. The molecule has 1 unspecified atom stereocenters. The third-order valence-corrected chi connectivity index (χ3v) is 3.90. The molecule has 0 fully saturated rings. The van der Waals surface area contributed by atoms with E-state index in [1.165, 1.54) is 7.11 Å². The molecule has 0 aromatic heterocycles. The van der Waals surface area contributed by atoms with Crippen molar-refractivity contribution < 1.29 is 17.9 Å². The molecule has 0 bridgehead atoms. The molecule has 1 atom stereocenters.